The van der Waals surface area contributed by atoms with Gasteiger partial charge in [0, 0.05) is 11.6 Å². The Hall–Kier alpha value is -4.80. The molecule has 0 aromatic heterocycles. The average molecular weight is 871 g/mol. The highest BCUT2D eigenvalue weighted by atomic mass is 31.1. The molecule has 2 atom stereocenters. The Kier molecular flexibility index (Phi) is 12.4. The zero-order valence-corrected chi connectivity index (χ0v) is 32.8. The van der Waals surface area contributed by atoms with Gasteiger partial charge in [0.05, 0.1) is 36.5 Å². The second-order valence-corrected chi connectivity index (χ2v) is 18.1. The summed E-state index contributed by atoms with van der Waals surface area (Å²) in [5, 5.41) is 1.02. The Morgan fingerprint density at radius 2 is 0.898 bits per heavy atom. The molecule has 16 heteroatoms. The highest BCUT2D eigenvalue weighted by Crippen LogP contribution is 2.52. The lowest BCUT2D eigenvalue weighted by Gasteiger charge is -2.33. The van der Waals surface area contributed by atoms with E-state index in [0.717, 1.165) is 10.6 Å². The molecule has 0 radical (unpaired) electrons. The van der Waals surface area contributed by atoms with Crippen LogP contribution in [0.3, 0.4) is 0 Å². The van der Waals surface area contributed by atoms with Crippen LogP contribution in [0.25, 0.3) is 0 Å². The summed E-state index contributed by atoms with van der Waals surface area (Å²) < 4.78 is 182. The smallest absolute Gasteiger partial charge is 0.416 e. The first-order valence-corrected chi connectivity index (χ1v) is 20.3. The van der Waals surface area contributed by atoms with E-state index in [0.29, 0.717) is 46.5 Å². The number of hydrogen-bond acceptors (Lipinski definition) is 2. The van der Waals surface area contributed by atoms with Gasteiger partial charge in [-0.3, -0.25) is 0 Å². The number of halogens is 12. The summed E-state index contributed by atoms with van der Waals surface area (Å²) in [5.74, 6) is -0.235. The maximum Gasteiger partial charge on any atom is 0.416 e. The number of alkyl halides is 12. The molecule has 0 bridgehead atoms. The molecular formula is C43H32F12O2P2. The Bertz CT molecular complexity index is 2170. The van der Waals surface area contributed by atoms with Crippen LogP contribution in [-0.4, -0.2) is 19.9 Å². The number of allylic oxidation sites excluding steroid dienone is 4. The van der Waals surface area contributed by atoms with E-state index >= 15 is 0 Å². The molecule has 0 spiro atoms. The van der Waals surface area contributed by atoms with Gasteiger partial charge in [0.15, 0.2) is 11.5 Å². The van der Waals surface area contributed by atoms with E-state index in [-0.39, 0.29) is 17.9 Å². The molecule has 1 aliphatic carbocycles. The van der Waals surface area contributed by atoms with Crippen LogP contribution in [0.2, 0.25) is 0 Å². The quantitative estimate of drug-likeness (QED) is 0.103. The molecule has 0 amide bonds. The predicted molar refractivity (Wildman–Crippen MR) is 207 cm³/mol. The van der Waals surface area contributed by atoms with E-state index in [9.17, 15) is 52.7 Å². The van der Waals surface area contributed by atoms with Crippen molar-refractivity contribution in [2.45, 2.75) is 43.2 Å². The van der Waals surface area contributed by atoms with Crippen molar-refractivity contribution in [3.8, 4) is 11.5 Å². The van der Waals surface area contributed by atoms with E-state index in [1.165, 1.54) is 27.2 Å². The summed E-state index contributed by atoms with van der Waals surface area (Å²) in [6.07, 6.45) is -16.6. The van der Waals surface area contributed by atoms with Crippen molar-refractivity contribution in [1.29, 1.82) is 0 Å². The molecule has 5 aromatic rings. The third-order valence-corrected chi connectivity index (χ3v) is 14.9. The van der Waals surface area contributed by atoms with Gasteiger partial charge in [0.2, 0.25) is 0 Å². The molecule has 1 aliphatic rings. The summed E-state index contributed by atoms with van der Waals surface area (Å²) in [6, 6.07) is 23.4. The van der Waals surface area contributed by atoms with Crippen LogP contribution in [0.4, 0.5) is 52.7 Å². The number of ether oxygens (including phenoxy) is 2. The van der Waals surface area contributed by atoms with Gasteiger partial charge in [-0.15, -0.1) is 0 Å². The second-order valence-electron chi connectivity index (χ2n) is 13.4. The molecule has 0 saturated carbocycles. The molecule has 2 nitrogen and oxygen atoms in total. The fourth-order valence-electron chi connectivity index (χ4n) is 6.98. The molecule has 5 aromatic carbocycles. The Morgan fingerprint density at radius 3 is 1.27 bits per heavy atom. The van der Waals surface area contributed by atoms with Crippen molar-refractivity contribution in [1.82, 2.24) is 0 Å². The minimum Gasteiger partial charge on any atom is -0.493 e. The highest BCUT2D eigenvalue weighted by molar-refractivity contribution is 7.80. The molecule has 59 heavy (non-hydrogen) atoms. The monoisotopic (exact) mass is 870 g/mol. The van der Waals surface area contributed by atoms with Crippen LogP contribution in [-0.2, 0) is 24.7 Å². The van der Waals surface area contributed by atoms with E-state index in [4.69, 9.17) is 9.47 Å². The van der Waals surface area contributed by atoms with Gasteiger partial charge in [-0.25, -0.2) is 0 Å². The molecule has 0 heterocycles. The lowest BCUT2D eigenvalue weighted by atomic mass is 9.91. The Labute approximate surface area is 333 Å². The third-order valence-electron chi connectivity index (χ3n) is 9.66. The van der Waals surface area contributed by atoms with Gasteiger partial charge in [-0.1, -0.05) is 91.4 Å². The van der Waals surface area contributed by atoms with Gasteiger partial charge < -0.3 is 9.47 Å². The maximum absolute atomic E-state index is 14.3. The van der Waals surface area contributed by atoms with Crippen LogP contribution in [0.5, 0.6) is 11.5 Å². The van der Waals surface area contributed by atoms with Gasteiger partial charge in [0.25, 0.3) is 0 Å². The van der Waals surface area contributed by atoms with Crippen molar-refractivity contribution in [3.63, 3.8) is 0 Å². The standard InChI is InChI=1S/C43H32F12O2P2/c1-25(58(32-19-26(40(44,45)46)17-27(20-32)41(47,48)49)33-21-28(42(50,51)52)18-29(22-33)43(53,54)55)34-15-10-16-35(34)36-23-37(56-2)38(57-3)24-39(36)59(30-11-6-4-7-12-30)31-13-8-5-9-14-31/h4-25,35H,1-3H3/t25-,35?/m1/s1. The van der Waals surface area contributed by atoms with E-state index < -0.39 is 85.0 Å². The first-order valence-electron chi connectivity index (χ1n) is 17.5. The van der Waals surface area contributed by atoms with Gasteiger partial charge in [-0.2, -0.15) is 52.7 Å². The average Bonchev–Trinajstić information content (AvgIpc) is 3.67. The minimum atomic E-state index is -5.36. The number of rotatable bonds is 10. The van der Waals surface area contributed by atoms with Crippen LogP contribution in [0, 0.1) is 0 Å². The zero-order valence-electron chi connectivity index (χ0n) is 31.0. The van der Waals surface area contributed by atoms with E-state index in [1.54, 1.807) is 24.3 Å². The summed E-state index contributed by atoms with van der Waals surface area (Å²) in [4.78, 5) is 0. The predicted octanol–water partition coefficient (Wildman–Crippen LogP) is 11.6. The van der Waals surface area contributed by atoms with E-state index in [1.807, 2.05) is 60.7 Å². The first-order chi connectivity index (χ1) is 27.6. The topological polar surface area (TPSA) is 18.5 Å². The SMILES string of the molecule is COc1cc(C2C=CC=C2[C@@H](C)P(c2cc(C(F)(F)F)cc(C(F)(F)F)c2)c2cc(C(F)(F)F)cc(C(F)(F)F)c2)c(P(c2ccccc2)c2ccccc2)cc1OC. The Balaban J connectivity index is 1.63. The van der Waals surface area contributed by atoms with Crippen LogP contribution in [0.15, 0.2) is 133 Å². The molecule has 6 rings (SSSR count). The normalized spacial score (nSPS) is 15.5. The summed E-state index contributed by atoms with van der Waals surface area (Å²) in [6.45, 7) is 1.39. The number of benzene rings is 5. The summed E-state index contributed by atoms with van der Waals surface area (Å²) in [7, 11) is -1.49. The fourth-order valence-corrected chi connectivity index (χ4v) is 12.3. The maximum atomic E-state index is 14.3. The highest BCUT2D eigenvalue weighted by Gasteiger charge is 2.42. The molecule has 310 valence electrons. The van der Waals surface area contributed by atoms with Crippen molar-refractivity contribution in [3.05, 3.63) is 161 Å². The molecule has 1 unspecified atom stereocenters. The van der Waals surface area contributed by atoms with Crippen LogP contribution < -0.4 is 36.0 Å². The molecule has 0 N–H and O–H groups in total. The largest absolute Gasteiger partial charge is 0.493 e. The van der Waals surface area contributed by atoms with Gasteiger partial charge in [0.1, 0.15) is 0 Å². The zero-order chi connectivity index (χ0) is 43.1. The molecule has 0 aliphatic heterocycles. The van der Waals surface area contributed by atoms with Gasteiger partial charge >= 0.3 is 24.7 Å². The summed E-state index contributed by atoms with van der Waals surface area (Å²) >= 11 is 0. The van der Waals surface area contributed by atoms with E-state index in [2.05, 4.69) is 0 Å². The van der Waals surface area contributed by atoms with Gasteiger partial charge in [-0.05, 0) is 96.5 Å². The third kappa shape index (κ3) is 9.49. The molecule has 0 fully saturated rings. The van der Waals surface area contributed by atoms with Crippen LogP contribution in [0.1, 0.15) is 40.7 Å². The molecule has 0 saturated heterocycles. The first kappa shape index (κ1) is 43.8. The fraction of sp³-hybridized carbons (Fsp3) is 0.209. The van der Waals surface area contributed by atoms with Crippen molar-refractivity contribution >= 4 is 42.4 Å². The van der Waals surface area contributed by atoms with Crippen molar-refractivity contribution < 1.29 is 62.2 Å². The van der Waals surface area contributed by atoms with Crippen molar-refractivity contribution in [2.24, 2.45) is 0 Å². The lowest BCUT2D eigenvalue weighted by Crippen LogP contribution is -2.29. The molecular weight excluding hydrogens is 838 g/mol. The van der Waals surface area contributed by atoms with Crippen LogP contribution >= 0.6 is 15.8 Å². The van der Waals surface area contributed by atoms with Crippen molar-refractivity contribution in [2.75, 3.05) is 14.2 Å². The minimum absolute atomic E-state index is 0.139. The summed E-state index contributed by atoms with van der Waals surface area (Å²) in [5.41, 5.74) is -7.43. The number of hydrogen-bond donors (Lipinski definition) is 0. The lowest BCUT2D eigenvalue weighted by molar-refractivity contribution is -0.144. The Morgan fingerprint density at radius 1 is 0.508 bits per heavy atom. The second kappa shape index (κ2) is 16.7. The number of methoxy groups -OCH3 is 2.